The van der Waals surface area contributed by atoms with Crippen molar-refractivity contribution in [2.45, 2.75) is 20.5 Å². The molecule has 2 heterocycles. The summed E-state index contributed by atoms with van der Waals surface area (Å²) in [6, 6.07) is 30.4. The summed E-state index contributed by atoms with van der Waals surface area (Å²) < 4.78 is 9.13. The highest BCUT2D eigenvalue weighted by Crippen LogP contribution is 2.26. The largest absolute Gasteiger partial charge is 0.489 e. The van der Waals surface area contributed by atoms with Gasteiger partial charge in [-0.05, 0) is 85.6 Å². The summed E-state index contributed by atoms with van der Waals surface area (Å²) in [7, 11) is 0. The molecule has 0 atom stereocenters. The molecule has 1 aliphatic rings. The molecule has 5 rings (SSSR count). The minimum atomic E-state index is -0.215. The molecule has 1 saturated heterocycles. The van der Waals surface area contributed by atoms with Crippen LogP contribution in [0.4, 0.5) is 5.69 Å². The number of piperazine rings is 1. The third kappa shape index (κ3) is 6.13. The van der Waals surface area contributed by atoms with Crippen LogP contribution >= 0.6 is 15.9 Å². The Labute approximate surface area is 243 Å². The molecule has 0 saturated carbocycles. The summed E-state index contributed by atoms with van der Waals surface area (Å²) in [5.41, 5.74) is 6.26. The lowest BCUT2D eigenvalue weighted by Gasteiger charge is -2.36. The summed E-state index contributed by atoms with van der Waals surface area (Å²) in [5.74, 6) is 0.575. The fourth-order valence-electron chi connectivity index (χ4n) is 5.04. The molecular weight excluding hydrogens is 564 g/mol. The second kappa shape index (κ2) is 12.3. The van der Waals surface area contributed by atoms with Crippen LogP contribution in [0.5, 0.6) is 5.75 Å². The number of rotatable bonds is 7. The van der Waals surface area contributed by atoms with E-state index < -0.39 is 0 Å². The zero-order valence-electron chi connectivity index (χ0n) is 22.7. The fraction of sp³-hybridized carbons (Fsp3) is 0.212. The standard InChI is InChI=1S/C33H31BrN4O2/c1-24-20-27(21-28(22-35)33(39)37-18-16-36(17-19-37)30-6-4-3-5-7-30)25(2)38(24)31-12-14-32(15-13-31)40-23-26-8-10-29(34)11-9-26/h3-15,20-21H,16-19,23H2,1-2H3/b28-21-. The molecule has 1 aliphatic heterocycles. The Kier molecular flexibility index (Phi) is 8.37. The van der Waals surface area contributed by atoms with Crippen molar-refractivity contribution in [2.75, 3.05) is 31.1 Å². The van der Waals surface area contributed by atoms with E-state index in [1.54, 1.807) is 11.0 Å². The van der Waals surface area contributed by atoms with Gasteiger partial charge in [0.25, 0.3) is 5.91 Å². The SMILES string of the molecule is Cc1cc(/C=C(/C#N)C(=O)N2CCN(c3ccccc3)CC2)c(C)n1-c1ccc(OCc2ccc(Br)cc2)cc1. The number of hydrogen-bond donors (Lipinski definition) is 0. The molecule has 0 radical (unpaired) electrons. The summed E-state index contributed by atoms with van der Waals surface area (Å²) in [6.45, 7) is 7.19. The quantitative estimate of drug-likeness (QED) is 0.177. The lowest BCUT2D eigenvalue weighted by molar-refractivity contribution is -0.126. The summed E-state index contributed by atoms with van der Waals surface area (Å²) in [5, 5.41) is 9.88. The number of carbonyl (C=O) groups is 1. The van der Waals surface area contributed by atoms with Crippen LogP contribution in [0.25, 0.3) is 11.8 Å². The van der Waals surface area contributed by atoms with E-state index in [9.17, 15) is 10.1 Å². The van der Waals surface area contributed by atoms with Gasteiger partial charge in [-0.25, -0.2) is 0 Å². The number of halogens is 1. The molecule has 1 aromatic heterocycles. The maximum atomic E-state index is 13.3. The topological polar surface area (TPSA) is 61.5 Å². The van der Waals surface area contributed by atoms with Gasteiger partial charge in [0.15, 0.2) is 0 Å². The number of aromatic nitrogens is 1. The number of aryl methyl sites for hydroxylation is 1. The Balaban J connectivity index is 1.27. The van der Waals surface area contributed by atoms with Crippen LogP contribution in [0.15, 0.2) is 95.0 Å². The molecule has 40 heavy (non-hydrogen) atoms. The molecule has 0 N–H and O–H groups in total. The minimum Gasteiger partial charge on any atom is -0.489 e. The van der Waals surface area contributed by atoms with Gasteiger partial charge in [-0.2, -0.15) is 5.26 Å². The van der Waals surface area contributed by atoms with Gasteiger partial charge in [-0.1, -0.05) is 46.3 Å². The number of nitrogens with zero attached hydrogens (tertiary/aromatic N) is 4. The van der Waals surface area contributed by atoms with Gasteiger partial charge in [0.1, 0.15) is 24.0 Å². The number of benzene rings is 3. The van der Waals surface area contributed by atoms with Gasteiger partial charge in [0.05, 0.1) is 0 Å². The van der Waals surface area contributed by atoms with Crippen LogP contribution in [0, 0.1) is 25.2 Å². The van der Waals surface area contributed by atoms with Crippen molar-refractivity contribution < 1.29 is 9.53 Å². The third-order valence-electron chi connectivity index (χ3n) is 7.22. The first-order chi connectivity index (χ1) is 19.4. The molecule has 3 aromatic carbocycles. The van der Waals surface area contributed by atoms with Crippen LogP contribution in [-0.4, -0.2) is 41.6 Å². The zero-order valence-corrected chi connectivity index (χ0v) is 24.3. The third-order valence-corrected chi connectivity index (χ3v) is 7.75. The zero-order chi connectivity index (χ0) is 28.1. The van der Waals surface area contributed by atoms with E-state index >= 15 is 0 Å². The normalized spacial score (nSPS) is 13.7. The highest BCUT2D eigenvalue weighted by atomic mass is 79.9. The van der Waals surface area contributed by atoms with Crippen molar-refractivity contribution in [2.24, 2.45) is 0 Å². The Morgan fingerprint density at radius 2 is 1.60 bits per heavy atom. The second-order valence-electron chi connectivity index (χ2n) is 9.86. The van der Waals surface area contributed by atoms with Crippen LogP contribution in [0.2, 0.25) is 0 Å². The van der Waals surface area contributed by atoms with E-state index in [-0.39, 0.29) is 11.5 Å². The summed E-state index contributed by atoms with van der Waals surface area (Å²) >= 11 is 3.45. The van der Waals surface area contributed by atoms with Crippen molar-refractivity contribution in [3.63, 3.8) is 0 Å². The lowest BCUT2D eigenvalue weighted by atomic mass is 10.1. The van der Waals surface area contributed by atoms with E-state index in [0.29, 0.717) is 19.7 Å². The van der Waals surface area contributed by atoms with Gasteiger partial charge < -0.3 is 19.1 Å². The van der Waals surface area contributed by atoms with Gasteiger partial charge in [-0.15, -0.1) is 0 Å². The molecule has 7 heteroatoms. The van der Waals surface area contributed by atoms with Crippen molar-refractivity contribution >= 4 is 33.6 Å². The Morgan fingerprint density at radius 3 is 2.25 bits per heavy atom. The molecule has 0 bridgehead atoms. The monoisotopic (exact) mass is 594 g/mol. The molecule has 202 valence electrons. The predicted octanol–water partition coefficient (Wildman–Crippen LogP) is 6.69. The Morgan fingerprint density at radius 1 is 0.925 bits per heavy atom. The van der Waals surface area contributed by atoms with E-state index in [4.69, 9.17) is 4.74 Å². The van der Waals surface area contributed by atoms with Crippen molar-refractivity contribution in [3.05, 3.63) is 117 Å². The average Bonchev–Trinajstić information content (AvgIpc) is 3.28. The van der Waals surface area contributed by atoms with Gasteiger partial charge in [0, 0.05) is 53.4 Å². The number of ether oxygens (including phenoxy) is 1. The smallest absolute Gasteiger partial charge is 0.264 e. The first-order valence-electron chi connectivity index (χ1n) is 13.3. The maximum absolute atomic E-state index is 13.3. The Hall–Kier alpha value is -4.28. The molecule has 0 aliphatic carbocycles. The lowest BCUT2D eigenvalue weighted by Crippen LogP contribution is -2.49. The van der Waals surface area contributed by atoms with Crippen molar-refractivity contribution in [1.82, 2.24) is 9.47 Å². The summed E-state index contributed by atoms with van der Waals surface area (Å²) in [6.07, 6.45) is 1.72. The van der Waals surface area contributed by atoms with E-state index in [2.05, 4.69) is 43.6 Å². The predicted molar refractivity (Wildman–Crippen MR) is 163 cm³/mol. The molecule has 0 unspecified atom stereocenters. The van der Waals surface area contributed by atoms with Crippen molar-refractivity contribution in [1.29, 1.82) is 5.26 Å². The van der Waals surface area contributed by atoms with E-state index in [0.717, 1.165) is 57.2 Å². The van der Waals surface area contributed by atoms with E-state index in [1.165, 1.54) is 0 Å². The maximum Gasteiger partial charge on any atom is 0.264 e. The number of hydrogen-bond acceptors (Lipinski definition) is 4. The number of nitriles is 1. The molecule has 1 fully saturated rings. The van der Waals surface area contributed by atoms with Crippen LogP contribution in [0.3, 0.4) is 0 Å². The first kappa shape index (κ1) is 27.3. The molecule has 1 amide bonds. The molecule has 6 nitrogen and oxygen atoms in total. The number of amides is 1. The highest BCUT2D eigenvalue weighted by molar-refractivity contribution is 9.10. The highest BCUT2D eigenvalue weighted by Gasteiger charge is 2.24. The number of para-hydroxylation sites is 1. The van der Waals surface area contributed by atoms with Gasteiger partial charge >= 0.3 is 0 Å². The van der Waals surface area contributed by atoms with Crippen LogP contribution in [-0.2, 0) is 11.4 Å². The second-order valence-corrected chi connectivity index (χ2v) is 10.8. The number of anilines is 1. The summed E-state index contributed by atoms with van der Waals surface area (Å²) in [4.78, 5) is 17.3. The number of carbonyl (C=O) groups excluding carboxylic acids is 1. The van der Waals surface area contributed by atoms with Crippen LogP contribution < -0.4 is 9.64 Å². The Bertz CT molecular complexity index is 1540. The molecule has 4 aromatic rings. The molecule has 0 spiro atoms. The van der Waals surface area contributed by atoms with Gasteiger partial charge in [-0.3, -0.25) is 4.79 Å². The van der Waals surface area contributed by atoms with E-state index in [1.807, 2.05) is 86.6 Å². The minimum absolute atomic E-state index is 0.158. The molecular formula is C33H31BrN4O2. The van der Waals surface area contributed by atoms with Gasteiger partial charge in [0.2, 0.25) is 0 Å². The fourth-order valence-corrected chi connectivity index (χ4v) is 5.31. The first-order valence-corrected chi connectivity index (χ1v) is 14.1. The average molecular weight is 596 g/mol. The van der Waals surface area contributed by atoms with Crippen LogP contribution in [0.1, 0.15) is 22.5 Å². The van der Waals surface area contributed by atoms with Crippen molar-refractivity contribution in [3.8, 4) is 17.5 Å².